The second-order valence-corrected chi connectivity index (χ2v) is 6.38. The van der Waals surface area contributed by atoms with Crippen LogP contribution < -0.4 is 10.5 Å². The predicted octanol–water partition coefficient (Wildman–Crippen LogP) is 0.796. The van der Waals surface area contributed by atoms with Crippen LogP contribution in [0.25, 0.3) is 0 Å². The number of aromatic nitrogens is 2. The number of nitrogens with two attached hydrogens (primary N) is 1. The highest BCUT2D eigenvalue weighted by Crippen LogP contribution is 2.12. The second kappa shape index (κ2) is 6.17. The Kier molecular flexibility index (Phi) is 4.53. The van der Waals surface area contributed by atoms with Crippen molar-refractivity contribution in [2.45, 2.75) is 25.8 Å². The van der Waals surface area contributed by atoms with Gasteiger partial charge in [-0.1, -0.05) is 24.3 Å². The fourth-order valence-corrected chi connectivity index (χ4v) is 3.06. The van der Waals surface area contributed by atoms with E-state index in [2.05, 4.69) is 14.9 Å². The SMILES string of the molecule is Cc1[nH]ncc1CNS(=O)(=O)Cc1ccccc1CN. The summed E-state index contributed by atoms with van der Waals surface area (Å²) in [7, 11) is -3.41. The smallest absolute Gasteiger partial charge is 0.216 e. The van der Waals surface area contributed by atoms with Crippen LogP contribution in [0.1, 0.15) is 22.4 Å². The van der Waals surface area contributed by atoms with Gasteiger partial charge in [-0.2, -0.15) is 5.10 Å². The number of sulfonamides is 1. The van der Waals surface area contributed by atoms with Gasteiger partial charge in [0, 0.05) is 24.3 Å². The van der Waals surface area contributed by atoms with E-state index >= 15 is 0 Å². The van der Waals surface area contributed by atoms with Gasteiger partial charge < -0.3 is 5.73 Å². The van der Waals surface area contributed by atoms with Gasteiger partial charge in [-0.25, -0.2) is 13.1 Å². The Morgan fingerprint density at radius 2 is 1.95 bits per heavy atom. The van der Waals surface area contributed by atoms with Gasteiger partial charge in [0.2, 0.25) is 10.0 Å². The molecule has 0 saturated carbocycles. The summed E-state index contributed by atoms with van der Waals surface area (Å²) < 4.78 is 26.8. The Morgan fingerprint density at radius 1 is 1.25 bits per heavy atom. The molecule has 2 rings (SSSR count). The molecular weight excluding hydrogens is 276 g/mol. The monoisotopic (exact) mass is 294 g/mol. The first-order valence-corrected chi connectivity index (χ1v) is 7.90. The quantitative estimate of drug-likeness (QED) is 0.733. The molecule has 0 fully saturated rings. The van der Waals surface area contributed by atoms with Gasteiger partial charge in [-0.3, -0.25) is 5.10 Å². The van der Waals surface area contributed by atoms with Crippen molar-refractivity contribution < 1.29 is 8.42 Å². The van der Waals surface area contributed by atoms with Crippen molar-refractivity contribution in [1.82, 2.24) is 14.9 Å². The number of hydrogen-bond donors (Lipinski definition) is 3. The molecule has 1 heterocycles. The highest BCUT2D eigenvalue weighted by atomic mass is 32.2. The van der Waals surface area contributed by atoms with Crippen LogP contribution in [-0.2, 0) is 28.9 Å². The molecule has 6 nitrogen and oxygen atoms in total. The van der Waals surface area contributed by atoms with Crippen LogP contribution in [0.3, 0.4) is 0 Å². The molecule has 7 heteroatoms. The van der Waals surface area contributed by atoms with E-state index in [9.17, 15) is 8.42 Å². The Bertz CT molecular complexity index is 679. The van der Waals surface area contributed by atoms with Gasteiger partial charge in [0.1, 0.15) is 0 Å². The molecular formula is C13H18N4O2S. The highest BCUT2D eigenvalue weighted by Gasteiger charge is 2.14. The van der Waals surface area contributed by atoms with Gasteiger partial charge in [-0.15, -0.1) is 0 Å². The van der Waals surface area contributed by atoms with Crippen LogP contribution in [0.5, 0.6) is 0 Å². The molecule has 0 aliphatic rings. The summed E-state index contributed by atoms with van der Waals surface area (Å²) in [6.45, 7) is 2.41. The van der Waals surface area contributed by atoms with Crippen LogP contribution in [0.2, 0.25) is 0 Å². The molecule has 0 bridgehead atoms. The van der Waals surface area contributed by atoms with Crippen molar-refractivity contribution in [3.05, 3.63) is 52.8 Å². The van der Waals surface area contributed by atoms with Gasteiger partial charge >= 0.3 is 0 Å². The Morgan fingerprint density at radius 3 is 2.55 bits per heavy atom. The van der Waals surface area contributed by atoms with Crippen molar-refractivity contribution in [3.63, 3.8) is 0 Å². The second-order valence-electron chi connectivity index (χ2n) is 4.57. The molecule has 0 saturated heterocycles. The molecule has 0 unspecified atom stereocenters. The number of nitrogens with one attached hydrogen (secondary N) is 2. The van der Waals surface area contributed by atoms with E-state index in [4.69, 9.17) is 5.73 Å². The van der Waals surface area contributed by atoms with Gasteiger partial charge in [0.25, 0.3) is 0 Å². The number of hydrogen-bond acceptors (Lipinski definition) is 4. The number of aromatic amines is 1. The molecule has 0 atom stereocenters. The minimum Gasteiger partial charge on any atom is -0.326 e. The first-order valence-electron chi connectivity index (χ1n) is 6.25. The van der Waals surface area contributed by atoms with E-state index in [1.54, 1.807) is 12.3 Å². The molecule has 0 spiro atoms. The van der Waals surface area contributed by atoms with E-state index in [0.717, 1.165) is 22.4 Å². The summed E-state index contributed by atoms with van der Waals surface area (Å²) in [6, 6.07) is 7.28. The maximum absolute atomic E-state index is 12.1. The largest absolute Gasteiger partial charge is 0.326 e. The number of benzene rings is 1. The maximum Gasteiger partial charge on any atom is 0.216 e. The lowest BCUT2D eigenvalue weighted by atomic mass is 10.1. The van der Waals surface area contributed by atoms with Crippen molar-refractivity contribution in [2.75, 3.05) is 0 Å². The molecule has 0 amide bonds. The molecule has 0 aliphatic carbocycles. The van der Waals surface area contributed by atoms with Gasteiger partial charge in [-0.05, 0) is 18.1 Å². The highest BCUT2D eigenvalue weighted by molar-refractivity contribution is 7.88. The summed E-state index contributed by atoms with van der Waals surface area (Å²) >= 11 is 0. The molecule has 0 aliphatic heterocycles. The molecule has 1 aromatic carbocycles. The third kappa shape index (κ3) is 3.66. The number of aryl methyl sites for hydroxylation is 1. The van der Waals surface area contributed by atoms with Crippen molar-refractivity contribution in [1.29, 1.82) is 0 Å². The summed E-state index contributed by atoms with van der Waals surface area (Å²) in [5.74, 6) is -0.0722. The molecule has 4 N–H and O–H groups in total. The van der Waals surface area contributed by atoms with Crippen molar-refractivity contribution in [3.8, 4) is 0 Å². The average molecular weight is 294 g/mol. The fourth-order valence-electron chi connectivity index (χ4n) is 1.89. The zero-order valence-electron chi connectivity index (χ0n) is 11.3. The van der Waals surface area contributed by atoms with Gasteiger partial charge in [0.05, 0.1) is 11.9 Å². The van der Waals surface area contributed by atoms with Crippen LogP contribution in [0.4, 0.5) is 0 Å². The predicted molar refractivity (Wildman–Crippen MR) is 77.1 cm³/mol. The lowest BCUT2D eigenvalue weighted by Crippen LogP contribution is -2.25. The molecule has 108 valence electrons. The fraction of sp³-hybridized carbons (Fsp3) is 0.308. The molecule has 20 heavy (non-hydrogen) atoms. The minimum absolute atomic E-state index is 0.0722. The van der Waals surface area contributed by atoms with Crippen LogP contribution in [0.15, 0.2) is 30.5 Å². The van der Waals surface area contributed by atoms with E-state index < -0.39 is 10.0 Å². The van der Waals surface area contributed by atoms with Crippen LogP contribution in [-0.4, -0.2) is 18.6 Å². The average Bonchev–Trinajstić information content (AvgIpc) is 2.82. The molecule has 2 aromatic rings. The summed E-state index contributed by atoms with van der Waals surface area (Å²) in [5, 5.41) is 6.63. The third-order valence-electron chi connectivity index (χ3n) is 3.10. The van der Waals surface area contributed by atoms with E-state index in [1.165, 1.54) is 0 Å². The maximum atomic E-state index is 12.1. The lowest BCUT2D eigenvalue weighted by molar-refractivity contribution is 0.580. The summed E-state index contributed by atoms with van der Waals surface area (Å²) in [5.41, 5.74) is 8.88. The standard InChI is InChI=1S/C13H18N4O2S/c1-10-13(7-15-17-10)8-16-20(18,19)9-12-5-3-2-4-11(12)6-14/h2-5,7,16H,6,8-9,14H2,1H3,(H,15,17). The van der Waals surface area contributed by atoms with E-state index in [-0.39, 0.29) is 12.3 Å². The van der Waals surface area contributed by atoms with Crippen molar-refractivity contribution in [2.24, 2.45) is 5.73 Å². The zero-order valence-corrected chi connectivity index (χ0v) is 12.1. The summed E-state index contributed by atoms with van der Waals surface area (Å²) in [6.07, 6.45) is 1.62. The molecule has 1 aromatic heterocycles. The van der Waals surface area contributed by atoms with E-state index in [1.807, 2.05) is 25.1 Å². The number of rotatable bonds is 6. The third-order valence-corrected chi connectivity index (χ3v) is 4.38. The lowest BCUT2D eigenvalue weighted by Gasteiger charge is -2.09. The number of H-pyrrole nitrogens is 1. The van der Waals surface area contributed by atoms with Crippen LogP contribution >= 0.6 is 0 Å². The normalized spacial score (nSPS) is 11.7. The zero-order chi connectivity index (χ0) is 14.6. The Balaban J connectivity index is 2.06. The van der Waals surface area contributed by atoms with Crippen molar-refractivity contribution >= 4 is 10.0 Å². The first kappa shape index (κ1) is 14.7. The van der Waals surface area contributed by atoms with Gasteiger partial charge in [0.15, 0.2) is 0 Å². The summed E-state index contributed by atoms with van der Waals surface area (Å²) in [4.78, 5) is 0. The Hall–Kier alpha value is -1.70. The Labute approximate surface area is 118 Å². The van der Waals surface area contributed by atoms with Crippen LogP contribution in [0, 0.1) is 6.92 Å². The number of nitrogens with zero attached hydrogens (tertiary/aromatic N) is 1. The first-order chi connectivity index (χ1) is 9.52. The topological polar surface area (TPSA) is 101 Å². The van der Waals surface area contributed by atoms with E-state index in [0.29, 0.717) is 6.54 Å². The minimum atomic E-state index is -3.41. The molecule has 0 radical (unpaired) electrons.